The third kappa shape index (κ3) is 3.93. The molecule has 0 saturated carbocycles. The Bertz CT molecular complexity index is 1110. The number of carbonyl (C=O) groups is 1. The molecule has 2 aromatic heterocycles. The number of aromatic nitrogens is 2. The molecular weight excluding hydrogens is 406 g/mol. The molecule has 2 atom stereocenters. The first-order chi connectivity index (χ1) is 14.9. The van der Waals surface area contributed by atoms with Crippen molar-refractivity contribution in [3.05, 3.63) is 77.4 Å². The number of pyridine rings is 1. The molecule has 2 N–H and O–H groups in total. The van der Waals surface area contributed by atoms with Gasteiger partial charge in [0.1, 0.15) is 0 Å². The Labute approximate surface area is 188 Å². The molecule has 3 aromatic rings. The van der Waals surface area contributed by atoms with Crippen LogP contribution in [0.25, 0.3) is 0 Å². The fourth-order valence-corrected chi connectivity index (χ4v) is 4.82. The second-order valence-corrected chi connectivity index (χ2v) is 8.18. The molecule has 3 heterocycles. The van der Waals surface area contributed by atoms with Crippen molar-refractivity contribution in [1.29, 1.82) is 0 Å². The van der Waals surface area contributed by atoms with Crippen molar-refractivity contribution in [2.75, 3.05) is 10.2 Å². The Morgan fingerprint density at radius 2 is 1.94 bits per heavy atom. The minimum atomic E-state index is -0.0915. The SMILES string of the molecule is CCn1c(C)cc([C@@H]2[C@@H](c3ccccn3)NC(=S)N2c2ccc(NC(C)=O)cc2)c1C. The van der Waals surface area contributed by atoms with Crippen molar-refractivity contribution < 1.29 is 4.79 Å². The van der Waals surface area contributed by atoms with E-state index in [1.807, 2.05) is 48.7 Å². The molecule has 0 spiro atoms. The van der Waals surface area contributed by atoms with Gasteiger partial charge in [0.05, 0.1) is 17.8 Å². The van der Waals surface area contributed by atoms with E-state index in [0.717, 1.165) is 23.6 Å². The van der Waals surface area contributed by atoms with Crippen molar-refractivity contribution >= 4 is 34.6 Å². The molecule has 0 unspecified atom stereocenters. The van der Waals surface area contributed by atoms with Crippen LogP contribution in [0.15, 0.2) is 54.7 Å². The Balaban J connectivity index is 1.81. The van der Waals surface area contributed by atoms with Gasteiger partial charge in [-0.15, -0.1) is 0 Å². The van der Waals surface area contributed by atoms with Gasteiger partial charge >= 0.3 is 0 Å². The smallest absolute Gasteiger partial charge is 0.221 e. The van der Waals surface area contributed by atoms with Crippen LogP contribution < -0.4 is 15.5 Å². The van der Waals surface area contributed by atoms with Crippen LogP contribution in [0.1, 0.15) is 48.6 Å². The van der Waals surface area contributed by atoms with E-state index in [1.54, 1.807) is 0 Å². The number of nitrogens with zero attached hydrogens (tertiary/aromatic N) is 3. The fraction of sp³-hybridized carbons (Fsp3) is 0.292. The average Bonchev–Trinajstić information content (AvgIpc) is 3.24. The zero-order valence-corrected chi connectivity index (χ0v) is 19.0. The summed E-state index contributed by atoms with van der Waals surface area (Å²) in [6.45, 7) is 8.90. The zero-order valence-electron chi connectivity index (χ0n) is 18.2. The normalized spacial score (nSPS) is 18.2. The van der Waals surface area contributed by atoms with E-state index in [0.29, 0.717) is 5.11 Å². The highest BCUT2D eigenvalue weighted by Gasteiger charge is 2.42. The first kappa shape index (κ1) is 21.1. The molecule has 0 aliphatic carbocycles. The molecule has 1 fully saturated rings. The van der Waals surface area contributed by atoms with E-state index >= 15 is 0 Å². The lowest BCUT2D eigenvalue weighted by atomic mass is 9.96. The first-order valence-corrected chi connectivity index (χ1v) is 10.9. The van der Waals surface area contributed by atoms with Gasteiger partial charge in [-0.25, -0.2) is 0 Å². The molecule has 1 aromatic carbocycles. The number of aryl methyl sites for hydroxylation is 1. The van der Waals surface area contributed by atoms with Gasteiger partial charge in [0, 0.05) is 42.4 Å². The standard InChI is InChI=1S/C24H27N5OS/c1-5-28-15(2)14-20(16(28)3)23-22(21-8-6-7-13-25-21)27-24(31)29(23)19-11-9-18(10-12-19)26-17(4)30/h6-14,22-23H,5H2,1-4H3,(H,26,30)(H,27,31)/t22-,23-/m1/s1. The van der Waals surface area contributed by atoms with E-state index in [1.165, 1.54) is 23.9 Å². The zero-order chi connectivity index (χ0) is 22.1. The van der Waals surface area contributed by atoms with Gasteiger partial charge in [0.2, 0.25) is 5.91 Å². The highest BCUT2D eigenvalue weighted by molar-refractivity contribution is 7.80. The lowest BCUT2D eigenvalue weighted by Gasteiger charge is -2.28. The Morgan fingerprint density at radius 1 is 1.19 bits per heavy atom. The van der Waals surface area contributed by atoms with Crippen LogP contribution in [0, 0.1) is 13.8 Å². The lowest BCUT2D eigenvalue weighted by molar-refractivity contribution is -0.114. The number of hydrogen-bond donors (Lipinski definition) is 2. The summed E-state index contributed by atoms with van der Waals surface area (Å²) in [4.78, 5) is 18.2. The number of nitrogens with one attached hydrogen (secondary N) is 2. The Kier molecular flexibility index (Phi) is 5.78. The number of amides is 1. The van der Waals surface area contributed by atoms with Crippen LogP contribution in [0.5, 0.6) is 0 Å². The van der Waals surface area contributed by atoms with Gasteiger partial charge in [-0.2, -0.15) is 0 Å². The molecule has 7 heteroatoms. The quantitative estimate of drug-likeness (QED) is 0.573. The second-order valence-electron chi connectivity index (χ2n) is 7.80. The van der Waals surface area contributed by atoms with Crippen LogP contribution in [0.3, 0.4) is 0 Å². The van der Waals surface area contributed by atoms with Gasteiger partial charge < -0.3 is 20.1 Å². The van der Waals surface area contributed by atoms with E-state index in [-0.39, 0.29) is 18.0 Å². The minimum absolute atomic E-state index is 0.0412. The molecule has 1 saturated heterocycles. The van der Waals surface area contributed by atoms with Crippen LogP contribution >= 0.6 is 12.2 Å². The van der Waals surface area contributed by atoms with Crippen molar-refractivity contribution in [1.82, 2.24) is 14.9 Å². The predicted octanol–water partition coefficient (Wildman–Crippen LogP) is 4.66. The summed E-state index contributed by atoms with van der Waals surface area (Å²) >= 11 is 5.80. The molecule has 0 bridgehead atoms. The molecule has 4 rings (SSSR count). The second kappa shape index (κ2) is 8.51. The summed E-state index contributed by atoms with van der Waals surface area (Å²) in [6, 6.07) is 15.9. The first-order valence-electron chi connectivity index (χ1n) is 10.5. The van der Waals surface area contributed by atoms with Gasteiger partial charge in [0.25, 0.3) is 0 Å². The van der Waals surface area contributed by atoms with Gasteiger partial charge in [0.15, 0.2) is 5.11 Å². The highest BCUT2D eigenvalue weighted by atomic mass is 32.1. The number of benzene rings is 1. The molecule has 1 aliphatic heterocycles. The maximum Gasteiger partial charge on any atom is 0.221 e. The molecule has 160 valence electrons. The van der Waals surface area contributed by atoms with E-state index in [9.17, 15) is 4.79 Å². The van der Waals surface area contributed by atoms with Crippen molar-refractivity contribution in [2.45, 2.75) is 46.3 Å². The average molecular weight is 434 g/mol. The summed E-state index contributed by atoms with van der Waals surface area (Å²) in [5.74, 6) is -0.0915. The fourth-order valence-electron chi connectivity index (χ4n) is 4.47. The van der Waals surface area contributed by atoms with E-state index < -0.39 is 0 Å². The molecule has 1 aliphatic rings. The topological polar surface area (TPSA) is 62.2 Å². The third-order valence-corrected chi connectivity index (χ3v) is 6.13. The van der Waals surface area contributed by atoms with Crippen LogP contribution in [0.2, 0.25) is 0 Å². The molecular formula is C24H27N5OS. The Hall–Kier alpha value is -3.19. The van der Waals surface area contributed by atoms with Crippen molar-refractivity contribution in [3.8, 4) is 0 Å². The predicted molar refractivity (Wildman–Crippen MR) is 128 cm³/mol. The summed E-state index contributed by atoms with van der Waals surface area (Å²) < 4.78 is 2.32. The third-order valence-electron chi connectivity index (χ3n) is 5.81. The minimum Gasteiger partial charge on any atom is -0.351 e. The van der Waals surface area contributed by atoms with E-state index in [2.05, 4.69) is 51.9 Å². The number of carbonyl (C=O) groups excluding carboxylic acids is 1. The number of hydrogen-bond acceptors (Lipinski definition) is 3. The molecule has 6 nitrogen and oxygen atoms in total. The number of anilines is 2. The lowest BCUT2D eigenvalue weighted by Crippen LogP contribution is -2.29. The summed E-state index contributed by atoms with van der Waals surface area (Å²) in [5, 5.41) is 6.98. The molecule has 31 heavy (non-hydrogen) atoms. The Morgan fingerprint density at radius 3 is 2.52 bits per heavy atom. The highest BCUT2D eigenvalue weighted by Crippen LogP contribution is 2.43. The maximum atomic E-state index is 11.4. The monoisotopic (exact) mass is 433 g/mol. The van der Waals surface area contributed by atoms with Crippen LogP contribution in [0.4, 0.5) is 11.4 Å². The van der Waals surface area contributed by atoms with Gasteiger partial charge in [-0.1, -0.05) is 6.07 Å². The maximum absolute atomic E-state index is 11.4. The number of thiocarbonyl (C=S) groups is 1. The van der Waals surface area contributed by atoms with Crippen molar-refractivity contribution in [2.24, 2.45) is 0 Å². The molecule has 0 radical (unpaired) electrons. The van der Waals surface area contributed by atoms with Crippen LogP contribution in [-0.2, 0) is 11.3 Å². The van der Waals surface area contributed by atoms with Crippen LogP contribution in [-0.4, -0.2) is 20.6 Å². The van der Waals surface area contributed by atoms with E-state index in [4.69, 9.17) is 12.2 Å². The largest absolute Gasteiger partial charge is 0.351 e. The molecule has 1 amide bonds. The summed E-state index contributed by atoms with van der Waals surface area (Å²) in [5.41, 5.74) is 6.38. The summed E-state index contributed by atoms with van der Waals surface area (Å²) in [7, 11) is 0. The number of rotatable bonds is 5. The van der Waals surface area contributed by atoms with Crippen molar-refractivity contribution in [3.63, 3.8) is 0 Å². The van der Waals surface area contributed by atoms with Gasteiger partial charge in [-0.3, -0.25) is 9.78 Å². The van der Waals surface area contributed by atoms with Gasteiger partial charge in [-0.05, 0) is 81.0 Å². The summed E-state index contributed by atoms with van der Waals surface area (Å²) in [6.07, 6.45) is 1.82.